The first-order valence-corrected chi connectivity index (χ1v) is 4.92. The lowest BCUT2D eigenvalue weighted by Gasteiger charge is -2.46. The molecule has 0 radical (unpaired) electrons. The van der Waals surface area contributed by atoms with E-state index in [4.69, 9.17) is 0 Å². The van der Waals surface area contributed by atoms with E-state index in [9.17, 15) is 0 Å². The van der Waals surface area contributed by atoms with E-state index in [-0.39, 0.29) is 0 Å². The van der Waals surface area contributed by atoms with E-state index in [1.807, 2.05) is 0 Å². The minimum absolute atomic E-state index is 0.663. The third-order valence-electron chi connectivity index (χ3n) is 3.21. The molecule has 0 aromatic heterocycles. The van der Waals surface area contributed by atoms with Gasteiger partial charge in [-0.25, -0.2) is 0 Å². The molecule has 0 spiro atoms. The molecular weight excluding hydrogens is 134 g/mol. The molecule has 0 aromatic rings. The van der Waals surface area contributed by atoms with Gasteiger partial charge in [-0.2, -0.15) is 0 Å². The first kappa shape index (κ1) is 9.05. The Labute approximate surface area is 70.6 Å². The van der Waals surface area contributed by atoms with Crippen LogP contribution in [-0.4, -0.2) is 13.1 Å². The van der Waals surface area contributed by atoms with Crippen LogP contribution < -0.4 is 5.32 Å². The van der Waals surface area contributed by atoms with Gasteiger partial charge in [0.25, 0.3) is 0 Å². The topological polar surface area (TPSA) is 12.0 Å². The predicted molar refractivity (Wildman–Crippen MR) is 49.7 cm³/mol. The summed E-state index contributed by atoms with van der Waals surface area (Å²) in [5.74, 6) is 0.857. The molecule has 0 bridgehead atoms. The molecule has 1 heteroatoms. The van der Waals surface area contributed by atoms with E-state index >= 15 is 0 Å². The van der Waals surface area contributed by atoms with Crippen molar-refractivity contribution in [3.63, 3.8) is 0 Å². The fourth-order valence-electron chi connectivity index (χ4n) is 1.85. The Balaban J connectivity index is 2.34. The fraction of sp³-hybridized carbons (Fsp3) is 1.00. The van der Waals surface area contributed by atoms with Crippen molar-refractivity contribution in [2.24, 2.45) is 11.3 Å². The van der Waals surface area contributed by atoms with E-state index in [0.717, 1.165) is 5.92 Å². The van der Waals surface area contributed by atoms with Crippen LogP contribution in [0.3, 0.4) is 0 Å². The van der Waals surface area contributed by atoms with Crippen molar-refractivity contribution in [3.05, 3.63) is 0 Å². The quantitative estimate of drug-likeness (QED) is 0.657. The zero-order chi connectivity index (χ0) is 8.32. The van der Waals surface area contributed by atoms with Gasteiger partial charge in [0.15, 0.2) is 0 Å². The van der Waals surface area contributed by atoms with E-state index in [1.54, 1.807) is 0 Å². The molecule has 0 unspecified atom stereocenters. The van der Waals surface area contributed by atoms with Crippen LogP contribution in [0.4, 0.5) is 0 Å². The monoisotopic (exact) mass is 155 g/mol. The van der Waals surface area contributed by atoms with Gasteiger partial charge in [-0.1, -0.05) is 33.6 Å². The minimum atomic E-state index is 0.663. The number of rotatable bonds is 4. The Morgan fingerprint density at radius 2 is 2.00 bits per heavy atom. The van der Waals surface area contributed by atoms with Crippen molar-refractivity contribution in [1.82, 2.24) is 5.32 Å². The van der Waals surface area contributed by atoms with Gasteiger partial charge in [-0.05, 0) is 17.8 Å². The maximum absolute atomic E-state index is 3.39. The van der Waals surface area contributed by atoms with Gasteiger partial charge in [0.1, 0.15) is 0 Å². The molecule has 0 atom stereocenters. The molecule has 1 fully saturated rings. The van der Waals surface area contributed by atoms with Crippen LogP contribution in [0.2, 0.25) is 0 Å². The SMILES string of the molecule is CCCCC1(C(C)C)CNC1. The largest absolute Gasteiger partial charge is 0.316 e. The molecule has 1 rings (SSSR count). The standard InChI is InChI=1S/C10H21N/c1-4-5-6-10(9(2)3)7-11-8-10/h9,11H,4-8H2,1-3H3. The van der Waals surface area contributed by atoms with E-state index < -0.39 is 0 Å². The maximum Gasteiger partial charge on any atom is 0.00227 e. The lowest BCUT2D eigenvalue weighted by molar-refractivity contribution is 0.0843. The summed E-state index contributed by atoms with van der Waals surface area (Å²) in [6, 6.07) is 0. The van der Waals surface area contributed by atoms with Gasteiger partial charge in [-0.3, -0.25) is 0 Å². The van der Waals surface area contributed by atoms with Crippen molar-refractivity contribution in [1.29, 1.82) is 0 Å². The zero-order valence-electron chi connectivity index (χ0n) is 8.11. The summed E-state index contributed by atoms with van der Waals surface area (Å²) >= 11 is 0. The summed E-state index contributed by atoms with van der Waals surface area (Å²) in [7, 11) is 0. The number of unbranched alkanes of at least 4 members (excludes halogenated alkanes) is 1. The smallest absolute Gasteiger partial charge is 0.00227 e. The summed E-state index contributed by atoms with van der Waals surface area (Å²) < 4.78 is 0. The van der Waals surface area contributed by atoms with Gasteiger partial charge in [0.05, 0.1) is 0 Å². The highest BCUT2D eigenvalue weighted by molar-refractivity contribution is 4.94. The highest BCUT2D eigenvalue weighted by atomic mass is 15.0. The summed E-state index contributed by atoms with van der Waals surface area (Å²) in [5.41, 5.74) is 0.663. The molecule has 1 N–H and O–H groups in total. The summed E-state index contributed by atoms with van der Waals surface area (Å²) in [4.78, 5) is 0. The molecule has 1 aliphatic heterocycles. The molecule has 1 aliphatic rings. The van der Waals surface area contributed by atoms with Gasteiger partial charge < -0.3 is 5.32 Å². The summed E-state index contributed by atoms with van der Waals surface area (Å²) in [5, 5.41) is 3.39. The molecule has 1 saturated heterocycles. The summed E-state index contributed by atoms with van der Waals surface area (Å²) in [6.07, 6.45) is 4.17. The Kier molecular flexibility index (Phi) is 2.94. The molecule has 0 amide bonds. The van der Waals surface area contributed by atoms with Crippen molar-refractivity contribution in [2.45, 2.75) is 40.0 Å². The first-order valence-electron chi connectivity index (χ1n) is 4.92. The molecule has 1 nitrogen and oxygen atoms in total. The highest BCUT2D eigenvalue weighted by Gasteiger charge is 2.38. The molecule has 11 heavy (non-hydrogen) atoms. The number of hydrogen-bond donors (Lipinski definition) is 1. The molecule has 0 aliphatic carbocycles. The maximum atomic E-state index is 3.39. The van der Waals surface area contributed by atoms with Crippen LogP contribution in [-0.2, 0) is 0 Å². The van der Waals surface area contributed by atoms with Crippen molar-refractivity contribution in [3.8, 4) is 0 Å². The zero-order valence-corrected chi connectivity index (χ0v) is 8.11. The van der Waals surface area contributed by atoms with Crippen molar-refractivity contribution < 1.29 is 0 Å². The third kappa shape index (κ3) is 1.76. The number of hydrogen-bond acceptors (Lipinski definition) is 1. The van der Waals surface area contributed by atoms with Gasteiger partial charge in [0.2, 0.25) is 0 Å². The third-order valence-corrected chi connectivity index (χ3v) is 3.21. The predicted octanol–water partition coefficient (Wildman–Crippen LogP) is 2.42. The van der Waals surface area contributed by atoms with Crippen molar-refractivity contribution >= 4 is 0 Å². The molecule has 0 saturated carbocycles. The van der Waals surface area contributed by atoms with Crippen LogP contribution in [0.5, 0.6) is 0 Å². The number of nitrogens with one attached hydrogen (secondary N) is 1. The molecule has 1 heterocycles. The fourth-order valence-corrected chi connectivity index (χ4v) is 1.85. The molecule has 0 aromatic carbocycles. The summed E-state index contributed by atoms with van der Waals surface area (Å²) in [6.45, 7) is 9.50. The average Bonchev–Trinajstić information content (AvgIpc) is 1.85. The van der Waals surface area contributed by atoms with Gasteiger partial charge in [0, 0.05) is 13.1 Å². The molecule has 66 valence electrons. The van der Waals surface area contributed by atoms with Gasteiger partial charge >= 0.3 is 0 Å². The van der Waals surface area contributed by atoms with Crippen LogP contribution in [0.15, 0.2) is 0 Å². The van der Waals surface area contributed by atoms with Crippen LogP contribution in [0.1, 0.15) is 40.0 Å². The lowest BCUT2D eigenvalue weighted by Crippen LogP contribution is -2.56. The van der Waals surface area contributed by atoms with E-state index in [1.165, 1.54) is 32.4 Å². The van der Waals surface area contributed by atoms with E-state index in [0.29, 0.717) is 5.41 Å². The second-order valence-electron chi connectivity index (χ2n) is 4.22. The Hall–Kier alpha value is -0.0400. The normalized spacial score (nSPS) is 21.8. The second kappa shape index (κ2) is 3.57. The van der Waals surface area contributed by atoms with Crippen LogP contribution >= 0.6 is 0 Å². The Bertz CT molecular complexity index is 114. The van der Waals surface area contributed by atoms with Crippen LogP contribution in [0.25, 0.3) is 0 Å². The Morgan fingerprint density at radius 3 is 2.27 bits per heavy atom. The van der Waals surface area contributed by atoms with Gasteiger partial charge in [-0.15, -0.1) is 0 Å². The Morgan fingerprint density at radius 1 is 1.36 bits per heavy atom. The second-order valence-corrected chi connectivity index (χ2v) is 4.22. The minimum Gasteiger partial charge on any atom is -0.316 e. The van der Waals surface area contributed by atoms with Crippen molar-refractivity contribution in [2.75, 3.05) is 13.1 Å². The lowest BCUT2D eigenvalue weighted by atomic mass is 9.69. The van der Waals surface area contributed by atoms with E-state index in [2.05, 4.69) is 26.1 Å². The first-order chi connectivity index (χ1) is 5.21. The molecular formula is C10H21N. The van der Waals surface area contributed by atoms with Crippen LogP contribution in [0, 0.1) is 11.3 Å². The average molecular weight is 155 g/mol. The highest BCUT2D eigenvalue weighted by Crippen LogP contribution is 2.36.